The number of aromatic nitrogens is 8. The molecule has 0 radical (unpaired) electrons. The Morgan fingerprint density at radius 3 is 0.711 bits per heavy atom. The third-order valence-corrected chi connectivity index (χ3v) is 8.42. The van der Waals surface area contributed by atoms with Gasteiger partial charge in [-0.15, -0.1) is 79.8 Å². The smallest absolute Gasteiger partial charge is 0.255 e. The van der Waals surface area contributed by atoms with Crippen LogP contribution in [0.5, 0.6) is 0 Å². The molecule has 0 saturated carbocycles. The minimum Gasteiger partial charge on any atom is -0.255 e. The van der Waals surface area contributed by atoms with Crippen LogP contribution < -0.4 is 0 Å². The molecule has 8 nitrogen and oxygen atoms in total. The second-order valence-electron chi connectivity index (χ2n) is 13.9. The summed E-state index contributed by atoms with van der Waals surface area (Å²) < 4.78 is 118. The van der Waals surface area contributed by atoms with Gasteiger partial charge >= 0.3 is 85.5 Å². The molecule has 0 spiro atoms. The minimum atomic E-state index is -10.7. The van der Waals surface area contributed by atoms with Gasteiger partial charge in [0, 0.05) is 48.3 Å². The fourth-order valence-corrected chi connectivity index (χ4v) is 6.14. The standard InChI is InChI=1S/C24H14N4.2C10H8N2.3CH2Cl2.2F6P.Ru/c1-3-13-25-18(11-1)23-21-16-9-5-7-15-8-6-10-17(20(15)16)22(21)24(28-27-23)19-12-2-4-14-26-19;2*1-3-7-11-9(5-1)10-6-2-4-8-12-10;3*2-1-3;2*1-7(2,3,4,5)6;/h1-14H;2*1-8H;3*1H2;;;/q;;;;;;2*-1;+2. The van der Waals surface area contributed by atoms with Gasteiger partial charge in [-0.3, -0.25) is 29.9 Å². The Bertz CT molecular complexity index is 2830. The SMILES string of the molecule is ClCCl.ClCCl.ClCCl.F[P-](F)(F)(F)(F)F.F[P-](F)(F)(F)(F)F.[Ru+2].c1ccc(-c2ccccn2)nc1.c1ccc(-c2ccccn2)nc1.c1ccc(-c2nnc(-c3ccccn3)c3c2-c2cccc4cccc-3c24)nc1. The van der Waals surface area contributed by atoms with Crippen LogP contribution in [-0.2, 0) is 19.5 Å². The average Bonchev–Trinajstić information content (AvgIpc) is 3.70. The Kier molecular flexibility index (Phi) is 25.3. The number of hydrogen-bond donors (Lipinski definition) is 0. The quantitative estimate of drug-likeness (QED) is 0.0743. The maximum Gasteiger partial charge on any atom is 2.00 e. The Morgan fingerprint density at radius 1 is 0.303 bits per heavy atom. The summed E-state index contributed by atoms with van der Waals surface area (Å²) in [6.07, 6.45) is 10.7. The second-order valence-corrected chi connectivity index (χ2v) is 20.1. The van der Waals surface area contributed by atoms with E-state index in [9.17, 15) is 50.4 Å². The molecule has 76 heavy (non-hydrogen) atoms. The zero-order chi connectivity index (χ0) is 55.9. The number of benzene rings is 2. The van der Waals surface area contributed by atoms with Crippen LogP contribution in [0, 0.1) is 0 Å². The summed E-state index contributed by atoms with van der Waals surface area (Å²) in [7, 11) is -21.3. The molecule has 0 atom stereocenters. The van der Waals surface area contributed by atoms with Crippen LogP contribution in [0.4, 0.5) is 50.4 Å². The monoisotopic (exact) mass is 1310 g/mol. The number of hydrogen-bond acceptors (Lipinski definition) is 8. The van der Waals surface area contributed by atoms with E-state index in [-0.39, 0.29) is 35.5 Å². The molecule has 408 valence electrons. The third kappa shape index (κ3) is 27.4. The van der Waals surface area contributed by atoms with Crippen LogP contribution >= 0.6 is 85.2 Å². The normalized spacial score (nSPS) is 12.3. The van der Waals surface area contributed by atoms with Crippen LogP contribution in [0.15, 0.2) is 183 Å². The number of rotatable bonds is 4. The van der Waals surface area contributed by atoms with Crippen molar-refractivity contribution in [3.63, 3.8) is 0 Å². The van der Waals surface area contributed by atoms with E-state index < -0.39 is 15.6 Å². The molecule has 7 heterocycles. The van der Waals surface area contributed by atoms with E-state index in [1.54, 1.807) is 37.2 Å². The molecular weight excluding hydrogens is 1280 g/mol. The van der Waals surface area contributed by atoms with E-state index in [0.29, 0.717) is 0 Å². The third-order valence-electron chi connectivity index (χ3n) is 8.42. The van der Waals surface area contributed by atoms with Crippen LogP contribution in [0.25, 0.3) is 78.6 Å². The predicted molar refractivity (Wildman–Crippen MR) is 282 cm³/mol. The summed E-state index contributed by atoms with van der Waals surface area (Å²) >= 11 is 28.6. The molecular formula is C47H36Cl6F12N8P2Ru. The van der Waals surface area contributed by atoms with Crippen molar-refractivity contribution in [2.75, 3.05) is 16.0 Å². The van der Waals surface area contributed by atoms with Gasteiger partial charge in [-0.2, -0.15) is 0 Å². The fourth-order valence-electron chi connectivity index (χ4n) is 6.14. The van der Waals surface area contributed by atoms with Crippen molar-refractivity contribution < 1.29 is 69.8 Å². The Labute approximate surface area is 469 Å². The molecule has 0 saturated heterocycles. The number of pyridine rings is 6. The molecule has 0 amide bonds. The van der Waals surface area contributed by atoms with E-state index in [0.717, 1.165) is 56.7 Å². The van der Waals surface area contributed by atoms with Gasteiger partial charge in [0.2, 0.25) is 0 Å². The first-order chi connectivity index (χ1) is 35.0. The van der Waals surface area contributed by atoms with Crippen molar-refractivity contribution in [2.45, 2.75) is 0 Å². The van der Waals surface area contributed by atoms with Crippen LogP contribution in [0.1, 0.15) is 0 Å². The summed E-state index contributed by atoms with van der Waals surface area (Å²) in [4.78, 5) is 25.8. The minimum absolute atomic E-state index is 0. The van der Waals surface area contributed by atoms with Gasteiger partial charge < -0.3 is 0 Å². The molecule has 0 N–H and O–H groups in total. The van der Waals surface area contributed by atoms with Gasteiger partial charge in [-0.1, -0.05) is 72.8 Å². The molecule has 10 rings (SSSR count). The topological polar surface area (TPSA) is 103 Å². The predicted octanol–water partition coefficient (Wildman–Crippen LogP) is 20.7. The summed E-state index contributed by atoms with van der Waals surface area (Å²) in [5.74, 6) is 0. The number of alkyl halides is 6. The van der Waals surface area contributed by atoms with Gasteiger partial charge in [0.15, 0.2) is 0 Å². The second kappa shape index (κ2) is 28.6. The molecule has 2 aromatic carbocycles. The fraction of sp³-hybridized carbons (Fsp3) is 0.0638. The molecule has 7 aromatic heterocycles. The van der Waals surface area contributed by atoms with Crippen molar-refractivity contribution in [1.82, 2.24) is 40.1 Å². The van der Waals surface area contributed by atoms with Crippen LogP contribution in [-0.4, -0.2) is 56.1 Å². The summed E-state index contributed by atoms with van der Waals surface area (Å²) in [5, 5.41) is 12.3. The first-order valence-corrected chi connectivity index (χ1v) is 27.7. The maximum atomic E-state index is 9.87. The number of halogens is 18. The number of nitrogens with zero attached hydrogens (tertiary/aromatic N) is 8. The first-order valence-electron chi connectivity index (χ1n) is 20.4. The molecule has 0 fully saturated rings. The van der Waals surface area contributed by atoms with Gasteiger partial charge in [0.1, 0.15) is 11.4 Å². The van der Waals surface area contributed by atoms with Crippen molar-refractivity contribution in [3.05, 3.63) is 183 Å². The molecule has 0 unspecified atom stereocenters. The molecule has 9 aromatic rings. The van der Waals surface area contributed by atoms with E-state index in [1.165, 1.54) is 21.9 Å². The molecule has 1 aliphatic carbocycles. The van der Waals surface area contributed by atoms with Gasteiger partial charge in [0.25, 0.3) is 0 Å². The van der Waals surface area contributed by atoms with Gasteiger partial charge in [-0.25, -0.2) is 0 Å². The van der Waals surface area contributed by atoms with Crippen molar-refractivity contribution in [3.8, 4) is 67.8 Å². The largest absolute Gasteiger partial charge is 2.00 e. The molecule has 1 aliphatic rings. The summed E-state index contributed by atoms with van der Waals surface area (Å²) in [6.45, 7) is 0. The maximum absolute atomic E-state index is 10.7. The summed E-state index contributed by atoms with van der Waals surface area (Å²) in [6, 6.07) is 47.7. The van der Waals surface area contributed by atoms with Crippen LogP contribution in [0.2, 0.25) is 0 Å². The zero-order valence-electron chi connectivity index (χ0n) is 38.1. The van der Waals surface area contributed by atoms with E-state index in [1.807, 2.05) is 109 Å². The van der Waals surface area contributed by atoms with Crippen molar-refractivity contribution in [1.29, 1.82) is 0 Å². The van der Waals surface area contributed by atoms with Crippen LogP contribution in [0.3, 0.4) is 0 Å². The van der Waals surface area contributed by atoms with E-state index >= 15 is 0 Å². The van der Waals surface area contributed by atoms with E-state index in [2.05, 4.69) is 76.5 Å². The van der Waals surface area contributed by atoms with Crippen molar-refractivity contribution >= 4 is 96.0 Å². The Hall–Kier alpha value is -4.94. The summed E-state index contributed by atoms with van der Waals surface area (Å²) in [5.41, 5.74) is 11.4. The number of fused-ring (bicyclic) bond motifs is 3. The Morgan fingerprint density at radius 2 is 0.513 bits per heavy atom. The average molecular weight is 1320 g/mol. The van der Waals surface area contributed by atoms with Gasteiger partial charge in [-0.05, 0) is 94.7 Å². The van der Waals surface area contributed by atoms with Crippen molar-refractivity contribution in [2.24, 2.45) is 0 Å². The Balaban J connectivity index is 0.000000346. The van der Waals surface area contributed by atoms with E-state index in [4.69, 9.17) is 69.6 Å². The van der Waals surface area contributed by atoms with Gasteiger partial charge in [0.05, 0.1) is 50.2 Å². The molecule has 0 bridgehead atoms. The first kappa shape index (κ1) is 67.2. The molecule has 29 heteroatoms. The zero-order valence-corrected chi connectivity index (χ0v) is 46.1. The molecule has 0 aliphatic heterocycles.